The molecule has 3 N–H and O–H groups in total. The Labute approximate surface area is 159 Å². The summed E-state index contributed by atoms with van der Waals surface area (Å²) < 4.78 is 5.22. The van der Waals surface area contributed by atoms with Crippen molar-refractivity contribution in [2.45, 2.75) is 52.4 Å². The van der Waals surface area contributed by atoms with Gasteiger partial charge in [0.2, 0.25) is 0 Å². The number of aliphatic hydroxyl groups is 1. The van der Waals surface area contributed by atoms with Crippen molar-refractivity contribution in [3.8, 4) is 5.75 Å². The van der Waals surface area contributed by atoms with Crippen molar-refractivity contribution < 1.29 is 9.84 Å². The first-order valence-corrected chi connectivity index (χ1v) is 9.91. The van der Waals surface area contributed by atoms with Crippen molar-refractivity contribution in [3.05, 3.63) is 29.8 Å². The van der Waals surface area contributed by atoms with Crippen molar-refractivity contribution >= 4 is 5.96 Å². The molecule has 0 bridgehead atoms. The highest BCUT2D eigenvalue weighted by Gasteiger charge is 2.09. The van der Waals surface area contributed by atoms with Gasteiger partial charge in [0.05, 0.1) is 7.11 Å². The molecule has 5 nitrogen and oxygen atoms in total. The number of nitrogens with one attached hydrogen (secondary N) is 2. The number of guanidine groups is 1. The predicted molar refractivity (Wildman–Crippen MR) is 110 cm³/mol. The summed E-state index contributed by atoms with van der Waals surface area (Å²) in [5.74, 6) is 2.69. The van der Waals surface area contributed by atoms with Gasteiger partial charge in [0.25, 0.3) is 0 Å². The molecule has 0 amide bonds. The minimum Gasteiger partial charge on any atom is -0.497 e. The van der Waals surface area contributed by atoms with Crippen LogP contribution in [0.5, 0.6) is 5.75 Å². The quantitative estimate of drug-likeness (QED) is 0.392. The van der Waals surface area contributed by atoms with Crippen LogP contribution >= 0.6 is 0 Å². The van der Waals surface area contributed by atoms with E-state index < -0.39 is 0 Å². The third kappa shape index (κ3) is 8.56. The van der Waals surface area contributed by atoms with Gasteiger partial charge in [0, 0.05) is 26.2 Å². The Hall–Kier alpha value is -1.75. The summed E-state index contributed by atoms with van der Waals surface area (Å²) in [5, 5.41) is 15.9. The van der Waals surface area contributed by atoms with Crippen LogP contribution in [0, 0.1) is 5.92 Å². The van der Waals surface area contributed by atoms with Crippen LogP contribution in [0.1, 0.15) is 57.9 Å². The Bertz CT molecular complexity index is 496. The second-order valence-corrected chi connectivity index (χ2v) is 6.78. The normalized spacial score (nSPS) is 14.0. The average Bonchev–Trinajstić information content (AvgIpc) is 2.66. The van der Waals surface area contributed by atoms with E-state index in [0.717, 1.165) is 57.0 Å². The standard InChI is InChI=1S/C21H37N3O2/c1-5-7-18(13-15-25)16-24-21(22-6-2)23-14-12-17(3)19-8-10-20(26-4)11-9-19/h8-11,17-18,25H,5-7,12-16H2,1-4H3,(H2,22,23,24). The number of nitrogens with zero attached hydrogens (tertiary/aromatic N) is 1. The van der Waals surface area contributed by atoms with E-state index >= 15 is 0 Å². The number of hydrogen-bond donors (Lipinski definition) is 3. The molecule has 0 aliphatic heterocycles. The lowest BCUT2D eigenvalue weighted by Crippen LogP contribution is -2.38. The van der Waals surface area contributed by atoms with Crippen LogP contribution in [-0.4, -0.2) is 44.4 Å². The minimum absolute atomic E-state index is 0.240. The van der Waals surface area contributed by atoms with E-state index in [-0.39, 0.29) is 6.61 Å². The van der Waals surface area contributed by atoms with E-state index in [1.165, 1.54) is 5.56 Å². The second kappa shape index (κ2) is 13.5. The van der Waals surface area contributed by atoms with E-state index in [1.54, 1.807) is 7.11 Å². The number of aliphatic hydroxyl groups excluding tert-OH is 1. The molecule has 1 rings (SSSR count). The summed E-state index contributed by atoms with van der Waals surface area (Å²) in [6.07, 6.45) is 4.10. The average molecular weight is 364 g/mol. The zero-order chi connectivity index (χ0) is 19.2. The van der Waals surface area contributed by atoms with Crippen LogP contribution < -0.4 is 15.4 Å². The van der Waals surface area contributed by atoms with Gasteiger partial charge in [-0.2, -0.15) is 0 Å². The summed E-state index contributed by atoms with van der Waals surface area (Å²) in [7, 11) is 1.69. The van der Waals surface area contributed by atoms with Crippen LogP contribution in [0.15, 0.2) is 29.3 Å². The van der Waals surface area contributed by atoms with Crippen molar-refractivity contribution in [2.24, 2.45) is 10.9 Å². The Balaban J connectivity index is 2.49. The van der Waals surface area contributed by atoms with E-state index in [0.29, 0.717) is 11.8 Å². The molecule has 1 aromatic carbocycles. The lowest BCUT2D eigenvalue weighted by Gasteiger charge is -2.17. The summed E-state index contributed by atoms with van der Waals surface area (Å²) in [6.45, 7) is 9.22. The monoisotopic (exact) mass is 363 g/mol. The van der Waals surface area contributed by atoms with Crippen molar-refractivity contribution in [1.82, 2.24) is 10.6 Å². The Morgan fingerprint density at radius 2 is 1.85 bits per heavy atom. The van der Waals surface area contributed by atoms with E-state index in [4.69, 9.17) is 9.73 Å². The number of hydrogen-bond acceptors (Lipinski definition) is 3. The Kier molecular flexibility index (Phi) is 11.5. The first-order chi connectivity index (χ1) is 12.6. The Morgan fingerprint density at radius 1 is 1.12 bits per heavy atom. The van der Waals surface area contributed by atoms with Crippen molar-refractivity contribution in [3.63, 3.8) is 0 Å². The van der Waals surface area contributed by atoms with Crippen LogP contribution in [-0.2, 0) is 0 Å². The molecule has 0 heterocycles. The predicted octanol–water partition coefficient (Wildman–Crippen LogP) is 3.54. The van der Waals surface area contributed by atoms with E-state index in [2.05, 4.69) is 43.5 Å². The van der Waals surface area contributed by atoms with Crippen LogP contribution in [0.3, 0.4) is 0 Å². The van der Waals surface area contributed by atoms with Gasteiger partial charge in [-0.3, -0.25) is 4.99 Å². The first kappa shape index (κ1) is 22.3. The molecule has 0 aliphatic rings. The third-order valence-electron chi connectivity index (χ3n) is 4.64. The van der Waals surface area contributed by atoms with Crippen molar-refractivity contribution in [2.75, 3.05) is 33.4 Å². The first-order valence-electron chi connectivity index (χ1n) is 9.91. The number of benzene rings is 1. The molecule has 26 heavy (non-hydrogen) atoms. The van der Waals surface area contributed by atoms with E-state index in [9.17, 15) is 5.11 Å². The number of methoxy groups -OCH3 is 1. The zero-order valence-electron chi connectivity index (χ0n) is 16.9. The molecule has 0 aromatic heterocycles. The maximum atomic E-state index is 9.19. The lowest BCUT2D eigenvalue weighted by molar-refractivity contribution is 0.253. The fraction of sp³-hybridized carbons (Fsp3) is 0.667. The highest BCUT2D eigenvalue weighted by Crippen LogP contribution is 2.21. The molecule has 0 saturated heterocycles. The SMILES string of the molecule is CCCC(CCO)CN=C(NCC)NCCC(C)c1ccc(OC)cc1. The minimum atomic E-state index is 0.240. The molecule has 5 heteroatoms. The summed E-state index contributed by atoms with van der Waals surface area (Å²) in [5.41, 5.74) is 1.32. The molecule has 2 atom stereocenters. The summed E-state index contributed by atoms with van der Waals surface area (Å²) >= 11 is 0. The fourth-order valence-electron chi connectivity index (χ4n) is 2.99. The maximum absolute atomic E-state index is 9.19. The van der Waals surface area contributed by atoms with Crippen molar-refractivity contribution in [1.29, 1.82) is 0 Å². The van der Waals surface area contributed by atoms with Crippen LogP contribution in [0.2, 0.25) is 0 Å². The third-order valence-corrected chi connectivity index (χ3v) is 4.64. The topological polar surface area (TPSA) is 65.9 Å². The molecule has 0 saturated carbocycles. The van der Waals surface area contributed by atoms with Gasteiger partial charge in [0.1, 0.15) is 5.75 Å². The molecule has 0 radical (unpaired) electrons. The molecule has 2 unspecified atom stereocenters. The Morgan fingerprint density at radius 3 is 2.42 bits per heavy atom. The highest BCUT2D eigenvalue weighted by atomic mass is 16.5. The van der Waals surface area contributed by atoms with Crippen LogP contribution in [0.25, 0.3) is 0 Å². The molecule has 0 fully saturated rings. The molecule has 0 aliphatic carbocycles. The fourth-order valence-corrected chi connectivity index (χ4v) is 2.99. The van der Waals surface area contributed by atoms with Gasteiger partial charge in [-0.1, -0.05) is 32.4 Å². The van der Waals surface area contributed by atoms with Gasteiger partial charge in [-0.25, -0.2) is 0 Å². The van der Waals surface area contributed by atoms with Gasteiger partial charge in [-0.05, 0) is 55.7 Å². The van der Waals surface area contributed by atoms with Gasteiger partial charge >= 0.3 is 0 Å². The lowest BCUT2D eigenvalue weighted by atomic mass is 9.98. The molecule has 1 aromatic rings. The number of ether oxygens (including phenoxy) is 1. The molecular formula is C21H37N3O2. The van der Waals surface area contributed by atoms with E-state index in [1.807, 2.05) is 12.1 Å². The molecular weight excluding hydrogens is 326 g/mol. The maximum Gasteiger partial charge on any atom is 0.191 e. The second-order valence-electron chi connectivity index (χ2n) is 6.78. The number of aliphatic imine (C=N–C) groups is 1. The molecule has 0 spiro atoms. The molecule has 148 valence electrons. The highest BCUT2D eigenvalue weighted by molar-refractivity contribution is 5.79. The van der Waals surface area contributed by atoms with Gasteiger partial charge in [-0.15, -0.1) is 0 Å². The largest absolute Gasteiger partial charge is 0.497 e. The van der Waals surface area contributed by atoms with Gasteiger partial charge in [0.15, 0.2) is 5.96 Å². The summed E-state index contributed by atoms with van der Waals surface area (Å²) in [4.78, 5) is 4.71. The number of rotatable bonds is 12. The smallest absolute Gasteiger partial charge is 0.191 e. The summed E-state index contributed by atoms with van der Waals surface area (Å²) in [6, 6.07) is 8.29. The van der Waals surface area contributed by atoms with Crippen LogP contribution in [0.4, 0.5) is 0 Å². The van der Waals surface area contributed by atoms with Gasteiger partial charge < -0.3 is 20.5 Å². The zero-order valence-corrected chi connectivity index (χ0v) is 16.9.